The van der Waals surface area contributed by atoms with Crippen LogP contribution in [0, 0.1) is 0 Å². The highest BCUT2D eigenvalue weighted by Gasteiger charge is 2.05. The Morgan fingerprint density at radius 1 is 1.00 bits per heavy atom. The molecule has 112 valence electrons. The van der Waals surface area contributed by atoms with Crippen molar-refractivity contribution in [3.63, 3.8) is 0 Å². The summed E-state index contributed by atoms with van der Waals surface area (Å²) in [7, 11) is 0. The molecule has 0 aliphatic rings. The Morgan fingerprint density at radius 3 is 2.43 bits per heavy atom. The van der Waals surface area contributed by atoms with Gasteiger partial charge in [-0.1, -0.05) is 54.1 Å². The van der Waals surface area contributed by atoms with Crippen molar-refractivity contribution in [2.45, 2.75) is 18.5 Å². The largest absolute Gasteiger partial charge is 0.390 e. The first-order valence-electron chi connectivity index (χ1n) is 6.86. The van der Waals surface area contributed by atoms with Gasteiger partial charge in [0.1, 0.15) is 0 Å². The highest BCUT2D eigenvalue weighted by molar-refractivity contribution is 7.98. The van der Waals surface area contributed by atoms with Gasteiger partial charge in [0.25, 0.3) is 0 Å². The first-order chi connectivity index (χ1) is 10.2. The molecule has 1 unspecified atom stereocenters. The summed E-state index contributed by atoms with van der Waals surface area (Å²) in [4.78, 5) is 0. The van der Waals surface area contributed by atoms with Crippen molar-refractivity contribution in [2.24, 2.45) is 0 Å². The Hall–Kier alpha value is -1.00. The van der Waals surface area contributed by atoms with Crippen LogP contribution in [0.4, 0.5) is 0 Å². The van der Waals surface area contributed by atoms with Gasteiger partial charge in [0.15, 0.2) is 0 Å². The number of rotatable bonds is 8. The van der Waals surface area contributed by atoms with Gasteiger partial charge in [-0.25, -0.2) is 0 Å². The van der Waals surface area contributed by atoms with Gasteiger partial charge in [0.2, 0.25) is 0 Å². The lowest BCUT2D eigenvalue weighted by Crippen LogP contribution is -2.18. The molecule has 2 rings (SSSR count). The number of hydrogen-bond donors (Lipinski definition) is 1. The molecule has 21 heavy (non-hydrogen) atoms. The number of ether oxygens (including phenoxy) is 1. The highest BCUT2D eigenvalue weighted by atomic mass is 35.5. The van der Waals surface area contributed by atoms with E-state index in [1.807, 2.05) is 54.6 Å². The van der Waals surface area contributed by atoms with Crippen molar-refractivity contribution in [2.75, 3.05) is 12.4 Å². The second-order valence-corrected chi connectivity index (χ2v) is 6.26. The molecule has 0 aromatic heterocycles. The highest BCUT2D eigenvalue weighted by Crippen LogP contribution is 2.16. The van der Waals surface area contributed by atoms with E-state index in [1.54, 1.807) is 11.8 Å². The van der Waals surface area contributed by atoms with Gasteiger partial charge < -0.3 is 9.84 Å². The van der Waals surface area contributed by atoms with Crippen LogP contribution in [0.25, 0.3) is 0 Å². The van der Waals surface area contributed by atoms with E-state index in [1.165, 1.54) is 5.56 Å². The summed E-state index contributed by atoms with van der Waals surface area (Å²) < 4.78 is 5.52. The molecule has 1 atom stereocenters. The van der Waals surface area contributed by atoms with E-state index in [0.717, 1.165) is 16.3 Å². The molecule has 0 saturated carbocycles. The Balaban J connectivity index is 1.59. The van der Waals surface area contributed by atoms with Crippen molar-refractivity contribution >= 4 is 23.4 Å². The zero-order chi connectivity index (χ0) is 14.9. The topological polar surface area (TPSA) is 29.5 Å². The summed E-state index contributed by atoms with van der Waals surface area (Å²) >= 11 is 7.53. The summed E-state index contributed by atoms with van der Waals surface area (Å²) in [6, 6.07) is 17.8. The standard InChI is InChI=1S/C17H19ClO2S/c18-16-8-6-15(7-9-16)12-21-13-17(19)11-20-10-14-4-2-1-3-5-14/h1-9,17,19H,10-13H2. The van der Waals surface area contributed by atoms with Gasteiger partial charge in [-0.2, -0.15) is 11.8 Å². The van der Waals surface area contributed by atoms with Crippen molar-refractivity contribution in [1.29, 1.82) is 0 Å². The molecule has 0 spiro atoms. The van der Waals surface area contributed by atoms with E-state index < -0.39 is 6.10 Å². The Bertz CT molecular complexity index is 516. The zero-order valence-electron chi connectivity index (χ0n) is 11.7. The first kappa shape index (κ1) is 16.4. The Morgan fingerprint density at radius 2 is 1.71 bits per heavy atom. The van der Waals surface area contributed by atoms with Crippen LogP contribution in [-0.2, 0) is 17.1 Å². The minimum Gasteiger partial charge on any atom is -0.390 e. The molecule has 0 amide bonds. The SMILES string of the molecule is OC(COCc1ccccc1)CSCc1ccc(Cl)cc1. The van der Waals surface area contributed by atoms with Gasteiger partial charge in [-0.15, -0.1) is 0 Å². The number of aliphatic hydroxyl groups excluding tert-OH is 1. The summed E-state index contributed by atoms with van der Waals surface area (Å²) in [5, 5.41) is 10.6. The fraction of sp³-hybridized carbons (Fsp3) is 0.294. The van der Waals surface area contributed by atoms with E-state index in [0.29, 0.717) is 19.0 Å². The van der Waals surface area contributed by atoms with Crippen molar-refractivity contribution in [3.05, 3.63) is 70.7 Å². The molecule has 0 heterocycles. The maximum Gasteiger partial charge on any atom is 0.0864 e. The third-order valence-corrected chi connectivity index (χ3v) is 4.32. The van der Waals surface area contributed by atoms with Crippen molar-refractivity contribution in [1.82, 2.24) is 0 Å². The third kappa shape index (κ3) is 6.53. The van der Waals surface area contributed by atoms with Crippen LogP contribution in [0.1, 0.15) is 11.1 Å². The van der Waals surface area contributed by atoms with Crippen LogP contribution in [-0.4, -0.2) is 23.6 Å². The molecule has 4 heteroatoms. The van der Waals surface area contributed by atoms with Crippen LogP contribution in [0.5, 0.6) is 0 Å². The molecule has 1 N–H and O–H groups in total. The fourth-order valence-corrected chi connectivity index (χ4v) is 2.87. The summed E-state index contributed by atoms with van der Waals surface area (Å²) in [5.74, 6) is 1.53. The Labute approximate surface area is 135 Å². The lowest BCUT2D eigenvalue weighted by atomic mass is 10.2. The molecule has 0 radical (unpaired) electrons. The van der Waals surface area contributed by atoms with Crippen LogP contribution in [0.15, 0.2) is 54.6 Å². The summed E-state index contributed by atoms with van der Waals surface area (Å²) in [5.41, 5.74) is 2.33. The van der Waals surface area contributed by atoms with Crippen molar-refractivity contribution < 1.29 is 9.84 Å². The van der Waals surface area contributed by atoms with Crippen molar-refractivity contribution in [3.8, 4) is 0 Å². The number of benzene rings is 2. The third-order valence-electron chi connectivity index (χ3n) is 2.91. The molecule has 2 nitrogen and oxygen atoms in total. The predicted molar refractivity (Wildman–Crippen MR) is 89.7 cm³/mol. The second kappa shape index (κ2) is 9.11. The Kier molecular flexibility index (Phi) is 7.10. The number of thioether (sulfide) groups is 1. The minimum atomic E-state index is -0.439. The molecule has 0 fully saturated rings. The van der Waals surface area contributed by atoms with Gasteiger partial charge in [0.05, 0.1) is 19.3 Å². The minimum absolute atomic E-state index is 0.364. The zero-order valence-corrected chi connectivity index (χ0v) is 13.3. The van der Waals surface area contributed by atoms with Gasteiger partial charge in [-0.05, 0) is 23.3 Å². The van der Waals surface area contributed by atoms with Crippen LogP contribution < -0.4 is 0 Å². The fourth-order valence-electron chi connectivity index (χ4n) is 1.83. The molecular formula is C17H19ClO2S. The van der Waals surface area contributed by atoms with E-state index >= 15 is 0 Å². The maximum atomic E-state index is 9.88. The number of hydrogen-bond acceptors (Lipinski definition) is 3. The van der Waals surface area contributed by atoms with E-state index in [4.69, 9.17) is 16.3 Å². The average Bonchev–Trinajstić information content (AvgIpc) is 2.50. The maximum absolute atomic E-state index is 9.88. The average molecular weight is 323 g/mol. The number of halogens is 1. The first-order valence-corrected chi connectivity index (χ1v) is 8.39. The molecule has 2 aromatic carbocycles. The monoisotopic (exact) mass is 322 g/mol. The van der Waals surface area contributed by atoms with Gasteiger partial charge in [-0.3, -0.25) is 0 Å². The predicted octanol–water partition coefficient (Wildman–Crippen LogP) is 4.15. The van der Waals surface area contributed by atoms with E-state index in [2.05, 4.69) is 0 Å². The second-order valence-electron chi connectivity index (χ2n) is 4.80. The molecule has 0 aliphatic heterocycles. The van der Waals surface area contributed by atoms with Gasteiger partial charge >= 0.3 is 0 Å². The van der Waals surface area contributed by atoms with Gasteiger partial charge in [0, 0.05) is 16.5 Å². The van der Waals surface area contributed by atoms with Crippen LogP contribution >= 0.6 is 23.4 Å². The molecule has 0 aliphatic carbocycles. The smallest absolute Gasteiger partial charge is 0.0864 e. The molecular weight excluding hydrogens is 304 g/mol. The van der Waals surface area contributed by atoms with Crippen LogP contribution in [0.2, 0.25) is 5.02 Å². The van der Waals surface area contributed by atoms with Crippen LogP contribution in [0.3, 0.4) is 0 Å². The quantitative estimate of drug-likeness (QED) is 0.791. The molecule has 0 bridgehead atoms. The lowest BCUT2D eigenvalue weighted by molar-refractivity contribution is 0.0398. The van der Waals surface area contributed by atoms with E-state index in [-0.39, 0.29) is 0 Å². The normalized spacial score (nSPS) is 12.3. The molecule has 0 saturated heterocycles. The lowest BCUT2D eigenvalue weighted by Gasteiger charge is -2.11. The van der Waals surface area contributed by atoms with E-state index in [9.17, 15) is 5.11 Å². The number of aliphatic hydroxyl groups is 1. The summed E-state index contributed by atoms with van der Waals surface area (Å²) in [6.07, 6.45) is -0.439. The summed E-state index contributed by atoms with van der Waals surface area (Å²) in [6.45, 7) is 0.905. The molecule has 2 aromatic rings.